The predicted molar refractivity (Wildman–Crippen MR) is 68.6 cm³/mol. The fourth-order valence-corrected chi connectivity index (χ4v) is 1.53. The second-order valence-electron chi connectivity index (χ2n) is 4.31. The molecule has 1 aromatic heterocycles. The first-order valence-corrected chi connectivity index (χ1v) is 5.68. The Balaban J connectivity index is 2.32. The van der Waals surface area contributed by atoms with Gasteiger partial charge in [-0.2, -0.15) is 0 Å². The van der Waals surface area contributed by atoms with Crippen LogP contribution in [0.25, 0.3) is 0 Å². The van der Waals surface area contributed by atoms with E-state index in [0.29, 0.717) is 17.3 Å². The van der Waals surface area contributed by atoms with Crippen molar-refractivity contribution >= 4 is 11.6 Å². The zero-order chi connectivity index (χ0) is 13.1. The van der Waals surface area contributed by atoms with E-state index >= 15 is 0 Å². The van der Waals surface area contributed by atoms with Crippen LogP contribution in [0.3, 0.4) is 0 Å². The molecule has 0 saturated heterocycles. The van der Waals surface area contributed by atoms with Crippen LogP contribution in [0.4, 0.5) is 16.0 Å². The minimum atomic E-state index is -0.345. The van der Waals surface area contributed by atoms with Gasteiger partial charge in [0.15, 0.2) is 0 Å². The first kappa shape index (κ1) is 12.3. The van der Waals surface area contributed by atoms with E-state index in [9.17, 15) is 9.18 Å². The molecule has 0 fully saturated rings. The minimum Gasteiger partial charge on any atom is -0.326 e. The van der Waals surface area contributed by atoms with Gasteiger partial charge in [-0.3, -0.25) is 9.78 Å². The highest BCUT2D eigenvalue weighted by Gasteiger charge is 2.05. The molecule has 0 atom stereocenters. The van der Waals surface area contributed by atoms with Crippen molar-refractivity contribution in [2.45, 2.75) is 19.8 Å². The molecular weight excluding hydrogens is 233 g/mol. The van der Waals surface area contributed by atoms with Crippen molar-refractivity contribution < 1.29 is 4.39 Å². The largest absolute Gasteiger partial charge is 0.326 e. The molecule has 0 bridgehead atoms. The number of nitrogens with zero attached hydrogens (tertiary/aromatic N) is 1. The summed E-state index contributed by atoms with van der Waals surface area (Å²) in [6.45, 7) is 3.90. The van der Waals surface area contributed by atoms with E-state index in [-0.39, 0.29) is 17.3 Å². The molecule has 18 heavy (non-hydrogen) atoms. The van der Waals surface area contributed by atoms with E-state index in [1.807, 2.05) is 13.8 Å². The second-order valence-corrected chi connectivity index (χ2v) is 4.31. The predicted octanol–water partition coefficient (Wildman–Crippen LogP) is 2.78. The van der Waals surface area contributed by atoms with Crippen LogP contribution >= 0.6 is 0 Å². The number of rotatable bonds is 3. The molecule has 0 aliphatic heterocycles. The lowest BCUT2D eigenvalue weighted by atomic mass is 10.1. The molecule has 4 nitrogen and oxygen atoms in total. The van der Waals surface area contributed by atoms with Gasteiger partial charge in [0.25, 0.3) is 5.56 Å². The maximum absolute atomic E-state index is 13.0. The standard InChI is InChI=1S/C13H14FN3O/c1-8(2)11-7-12(18)17-13(16-11)15-10-5-3-4-9(14)6-10/h3-8H,1-2H3,(H2,15,16,17,18). The molecule has 0 amide bonds. The molecule has 0 aliphatic carbocycles. The quantitative estimate of drug-likeness (QED) is 0.876. The van der Waals surface area contributed by atoms with Crippen LogP contribution in [-0.4, -0.2) is 9.97 Å². The molecule has 0 unspecified atom stereocenters. The zero-order valence-electron chi connectivity index (χ0n) is 10.2. The van der Waals surface area contributed by atoms with Gasteiger partial charge in [0, 0.05) is 11.8 Å². The number of hydrogen-bond acceptors (Lipinski definition) is 3. The SMILES string of the molecule is CC(C)c1cc(=O)[nH]c(Nc2cccc(F)c2)n1. The third-order valence-corrected chi connectivity index (χ3v) is 2.44. The molecule has 2 aromatic rings. The number of H-pyrrole nitrogens is 1. The molecule has 2 N–H and O–H groups in total. The Morgan fingerprint density at radius 1 is 1.33 bits per heavy atom. The van der Waals surface area contributed by atoms with Crippen molar-refractivity contribution in [2.75, 3.05) is 5.32 Å². The molecule has 0 aliphatic rings. The van der Waals surface area contributed by atoms with Gasteiger partial charge < -0.3 is 5.32 Å². The Morgan fingerprint density at radius 2 is 2.11 bits per heavy atom. The summed E-state index contributed by atoms with van der Waals surface area (Å²) in [6, 6.07) is 7.43. The lowest BCUT2D eigenvalue weighted by Crippen LogP contribution is -2.12. The molecule has 0 spiro atoms. The van der Waals surface area contributed by atoms with E-state index in [1.165, 1.54) is 18.2 Å². The van der Waals surface area contributed by atoms with Crippen molar-refractivity contribution in [2.24, 2.45) is 0 Å². The Bertz CT molecular complexity index is 607. The molecule has 2 rings (SSSR count). The Kier molecular flexibility index (Phi) is 3.41. The maximum Gasteiger partial charge on any atom is 0.252 e. The Labute approximate surface area is 104 Å². The third-order valence-electron chi connectivity index (χ3n) is 2.44. The molecular formula is C13H14FN3O. The minimum absolute atomic E-state index is 0.153. The summed E-state index contributed by atoms with van der Waals surface area (Å²) in [6.07, 6.45) is 0. The summed E-state index contributed by atoms with van der Waals surface area (Å²) in [5.41, 5.74) is 1.00. The van der Waals surface area contributed by atoms with E-state index in [4.69, 9.17) is 0 Å². The van der Waals surface area contributed by atoms with E-state index < -0.39 is 0 Å². The molecule has 0 saturated carbocycles. The van der Waals surface area contributed by atoms with Crippen LogP contribution in [-0.2, 0) is 0 Å². The van der Waals surface area contributed by atoms with Crippen LogP contribution in [0.1, 0.15) is 25.5 Å². The third kappa shape index (κ3) is 2.94. The van der Waals surface area contributed by atoms with Crippen molar-refractivity contribution in [3.8, 4) is 0 Å². The fourth-order valence-electron chi connectivity index (χ4n) is 1.53. The van der Waals surface area contributed by atoms with Crippen LogP contribution in [0.2, 0.25) is 0 Å². The summed E-state index contributed by atoms with van der Waals surface area (Å²) in [5.74, 6) is 0.125. The number of aromatic nitrogens is 2. The number of hydrogen-bond donors (Lipinski definition) is 2. The van der Waals surface area contributed by atoms with Gasteiger partial charge in [-0.05, 0) is 24.1 Å². The van der Waals surface area contributed by atoms with Crippen LogP contribution in [0, 0.1) is 5.82 Å². The van der Waals surface area contributed by atoms with Crippen molar-refractivity contribution in [3.05, 3.63) is 52.2 Å². The first-order chi connectivity index (χ1) is 8.54. The Morgan fingerprint density at radius 3 is 2.78 bits per heavy atom. The number of anilines is 2. The molecule has 94 valence electrons. The zero-order valence-corrected chi connectivity index (χ0v) is 10.2. The van der Waals surface area contributed by atoms with Gasteiger partial charge in [-0.1, -0.05) is 19.9 Å². The first-order valence-electron chi connectivity index (χ1n) is 5.68. The van der Waals surface area contributed by atoms with E-state index in [1.54, 1.807) is 12.1 Å². The van der Waals surface area contributed by atoms with Gasteiger partial charge in [0.1, 0.15) is 5.82 Å². The number of benzene rings is 1. The summed E-state index contributed by atoms with van der Waals surface area (Å²) < 4.78 is 13.0. The van der Waals surface area contributed by atoms with Gasteiger partial charge in [0.05, 0.1) is 5.69 Å². The average Bonchev–Trinajstić information content (AvgIpc) is 2.28. The molecule has 1 aromatic carbocycles. The number of nitrogens with one attached hydrogen (secondary N) is 2. The topological polar surface area (TPSA) is 57.8 Å². The van der Waals surface area contributed by atoms with Crippen molar-refractivity contribution in [1.82, 2.24) is 9.97 Å². The average molecular weight is 247 g/mol. The van der Waals surface area contributed by atoms with E-state index in [0.717, 1.165) is 0 Å². The van der Waals surface area contributed by atoms with E-state index in [2.05, 4.69) is 15.3 Å². The fraction of sp³-hybridized carbons (Fsp3) is 0.231. The van der Waals surface area contributed by atoms with Gasteiger partial charge in [-0.25, -0.2) is 9.37 Å². The highest BCUT2D eigenvalue weighted by molar-refractivity contribution is 5.52. The molecule has 5 heteroatoms. The number of aromatic amines is 1. The summed E-state index contributed by atoms with van der Waals surface area (Å²) in [7, 11) is 0. The monoisotopic (exact) mass is 247 g/mol. The summed E-state index contributed by atoms with van der Waals surface area (Å²) in [5, 5.41) is 2.87. The normalized spacial score (nSPS) is 10.7. The Hall–Kier alpha value is -2.17. The number of halogens is 1. The van der Waals surface area contributed by atoms with Crippen LogP contribution in [0.15, 0.2) is 35.1 Å². The molecule has 1 heterocycles. The molecule has 0 radical (unpaired) electrons. The van der Waals surface area contributed by atoms with Crippen LogP contribution in [0.5, 0.6) is 0 Å². The van der Waals surface area contributed by atoms with Crippen LogP contribution < -0.4 is 10.9 Å². The lowest BCUT2D eigenvalue weighted by molar-refractivity contribution is 0.628. The van der Waals surface area contributed by atoms with Gasteiger partial charge >= 0.3 is 0 Å². The second kappa shape index (κ2) is 5.00. The maximum atomic E-state index is 13.0. The summed E-state index contributed by atoms with van der Waals surface area (Å²) in [4.78, 5) is 18.3. The lowest BCUT2D eigenvalue weighted by Gasteiger charge is -2.08. The van der Waals surface area contributed by atoms with Crippen molar-refractivity contribution in [3.63, 3.8) is 0 Å². The van der Waals surface area contributed by atoms with Crippen molar-refractivity contribution in [1.29, 1.82) is 0 Å². The highest BCUT2D eigenvalue weighted by atomic mass is 19.1. The van der Waals surface area contributed by atoms with Gasteiger partial charge in [0.2, 0.25) is 5.95 Å². The highest BCUT2D eigenvalue weighted by Crippen LogP contribution is 2.15. The smallest absolute Gasteiger partial charge is 0.252 e. The van der Waals surface area contributed by atoms with Gasteiger partial charge in [-0.15, -0.1) is 0 Å². The summed E-state index contributed by atoms with van der Waals surface area (Å²) >= 11 is 0.